The van der Waals surface area contributed by atoms with Gasteiger partial charge in [-0.25, -0.2) is 4.98 Å². The van der Waals surface area contributed by atoms with Gasteiger partial charge in [0.1, 0.15) is 5.82 Å². The van der Waals surface area contributed by atoms with Crippen LogP contribution in [0.5, 0.6) is 0 Å². The first-order valence-electron chi connectivity index (χ1n) is 6.83. The standard InChI is InChI=1S/C16H20BrN3/c1-3-9-20(11-13-7-5-4-6-8-13)16-15(17)12(2)14(18)10-19-16/h4-8,10H,3,9,11,18H2,1-2H3. The third-order valence-electron chi connectivity index (χ3n) is 3.29. The Labute approximate surface area is 129 Å². The van der Waals surface area contributed by atoms with Gasteiger partial charge in [-0.15, -0.1) is 0 Å². The molecule has 4 heteroatoms. The number of pyridine rings is 1. The molecule has 1 heterocycles. The highest BCUT2D eigenvalue weighted by Crippen LogP contribution is 2.31. The molecule has 1 aromatic carbocycles. The predicted molar refractivity (Wildman–Crippen MR) is 88.9 cm³/mol. The summed E-state index contributed by atoms with van der Waals surface area (Å²) in [4.78, 5) is 6.79. The summed E-state index contributed by atoms with van der Waals surface area (Å²) in [5, 5.41) is 0. The van der Waals surface area contributed by atoms with Crippen LogP contribution in [0.15, 0.2) is 41.0 Å². The zero-order valence-electron chi connectivity index (χ0n) is 11.9. The summed E-state index contributed by atoms with van der Waals surface area (Å²) < 4.78 is 0.988. The van der Waals surface area contributed by atoms with Gasteiger partial charge in [0.2, 0.25) is 0 Å². The van der Waals surface area contributed by atoms with Crippen molar-refractivity contribution in [2.45, 2.75) is 26.8 Å². The minimum atomic E-state index is 0.719. The largest absolute Gasteiger partial charge is 0.397 e. The van der Waals surface area contributed by atoms with Crippen LogP contribution in [0.2, 0.25) is 0 Å². The summed E-state index contributed by atoms with van der Waals surface area (Å²) in [6.45, 7) is 6.00. The molecule has 0 amide bonds. The van der Waals surface area contributed by atoms with Crippen molar-refractivity contribution < 1.29 is 0 Å². The van der Waals surface area contributed by atoms with Gasteiger partial charge in [0.25, 0.3) is 0 Å². The molecule has 0 saturated carbocycles. The molecule has 106 valence electrons. The fourth-order valence-corrected chi connectivity index (χ4v) is 2.71. The summed E-state index contributed by atoms with van der Waals surface area (Å²) in [6.07, 6.45) is 2.81. The lowest BCUT2D eigenvalue weighted by Crippen LogP contribution is -2.25. The van der Waals surface area contributed by atoms with Crippen molar-refractivity contribution in [3.63, 3.8) is 0 Å². The molecule has 3 nitrogen and oxygen atoms in total. The fraction of sp³-hybridized carbons (Fsp3) is 0.312. The Morgan fingerprint density at radius 1 is 1.25 bits per heavy atom. The number of benzene rings is 1. The Hall–Kier alpha value is -1.55. The third kappa shape index (κ3) is 3.31. The SMILES string of the molecule is CCCN(Cc1ccccc1)c1ncc(N)c(C)c1Br. The van der Waals surface area contributed by atoms with E-state index < -0.39 is 0 Å². The first-order chi connectivity index (χ1) is 9.63. The molecule has 2 rings (SSSR count). The second-order valence-corrected chi connectivity index (χ2v) is 5.68. The monoisotopic (exact) mass is 333 g/mol. The molecule has 0 aliphatic carbocycles. The molecule has 0 aliphatic heterocycles. The number of rotatable bonds is 5. The normalized spacial score (nSPS) is 10.6. The number of nitrogens with two attached hydrogens (primary N) is 1. The van der Waals surface area contributed by atoms with Gasteiger partial charge in [-0.05, 0) is 40.4 Å². The zero-order chi connectivity index (χ0) is 14.5. The molecule has 20 heavy (non-hydrogen) atoms. The molecule has 0 unspecified atom stereocenters. The molecule has 0 saturated heterocycles. The average molecular weight is 334 g/mol. The molecule has 0 radical (unpaired) electrons. The Balaban J connectivity index is 2.31. The number of hydrogen-bond donors (Lipinski definition) is 1. The van der Waals surface area contributed by atoms with Crippen LogP contribution < -0.4 is 10.6 Å². The summed E-state index contributed by atoms with van der Waals surface area (Å²) in [6, 6.07) is 10.4. The molecule has 0 fully saturated rings. The average Bonchev–Trinajstić information content (AvgIpc) is 2.46. The van der Waals surface area contributed by atoms with E-state index in [9.17, 15) is 0 Å². The van der Waals surface area contributed by atoms with Gasteiger partial charge in [-0.1, -0.05) is 37.3 Å². The molecule has 2 aromatic rings. The maximum Gasteiger partial charge on any atom is 0.143 e. The van der Waals surface area contributed by atoms with Gasteiger partial charge >= 0.3 is 0 Å². The second-order valence-electron chi connectivity index (χ2n) is 4.88. The van der Waals surface area contributed by atoms with Crippen LogP contribution in [-0.2, 0) is 6.54 Å². The summed E-state index contributed by atoms with van der Waals surface area (Å²) in [7, 11) is 0. The van der Waals surface area contributed by atoms with Crippen molar-refractivity contribution in [2.75, 3.05) is 17.2 Å². The molecular formula is C16H20BrN3. The fourth-order valence-electron chi connectivity index (χ4n) is 2.13. The number of nitrogens with zero attached hydrogens (tertiary/aromatic N) is 2. The van der Waals surface area contributed by atoms with Gasteiger partial charge in [0.15, 0.2) is 0 Å². The van der Waals surface area contributed by atoms with Crippen molar-refractivity contribution in [3.05, 3.63) is 52.1 Å². The molecular weight excluding hydrogens is 314 g/mol. The minimum absolute atomic E-state index is 0.719. The second kappa shape index (κ2) is 6.75. The van der Waals surface area contributed by atoms with E-state index in [1.54, 1.807) is 6.20 Å². The molecule has 0 spiro atoms. The Morgan fingerprint density at radius 2 is 1.95 bits per heavy atom. The highest BCUT2D eigenvalue weighted by atomic mass is 79.9. The smallest absolute Gasteiger partial charge is 0.143 e. The van der Waals surface area contributed by atoms with Crippen molar-refractivity contribution in [1.82, 2.24) is 4.98 Å². The number of nitrogen functional groups attached to an aromatic ring is 1. The quantitative estimate of drug-likeness (QED) is 0.893. The van der Waals surface area contributed by atoms with Crippen LogP contribution in [-0.4, -0.2) is 11.5 Å². The lowest BCUT2D eigenvalue weighted by atomic mass is 10.2. The first kappa shape index (κ1) is 14.9. The van der Waals surface area contributed by atoms with Gasteiger partial charge in [-0.3, -0.25) is 0 Å². The van der Waals surface area contributed by atoms with E-state index in [0.717, 1.165) is 41.1 Å². The third-order valence-corrected chi connectivity index (χ3v) is 4.24. The van der Waals surface area contributed by atoms with Crippen LogP contribution in [0.3, 0.4) is 0 Å². The van der Waals surface area contributed by atoms with E-state index in [1.807, 2.05) is 13.0 Å². The van der Waals surface area contributed by atoms with Gasteiger partial charge in [-0.2, -0.15) is 0 Å². The Morgan fingerprint density at radius 3 is 2.60 bits per heavy atom. The molecule has 0 atom stereocenters. The molecule has 2 N–H and O–H groups in total. The van der Waals surface area contributed by atoms with Gasteiger partial charge in [0, 0.05) is 13.1 Å². The number of anilines is 2. The van der Waals surface area contributed by atoms with E-state index in [-0.39, 0.29) is 0 Å². The van der Waals surface area contributed by atoms with E-state index in [0.29, 0.717) is 0 Å². The van der Waals surface area contributed by atoms with Crippen LogP contribution in [0.4, 0.5) is 11.5 Å². The lowest BCUT2D eigenvalue weighted by molar-refractivity contribution is 0.752. The van der Waals surface area contributed by atoms with Crippen LogP contribution in [0, 0.1) is 6.92 Å². The van der Waals surface area contributed by atoms with E-state index >= 15 is 0 Å². The topological polar surface area (TPSA) is 42.2 Å². The number of aromatic nitrogens is 1. The molecule has 1 aromatic heterocycles. The van der Waals surface area contributed by atoms with Crippen LogP contribution in [0.1, 0.15) is 24.5 Å². The summed E-state index contributed by atoms with van der Waals surface area (Å²) in [5.41, 5.74) is 8.95. The van der Waals surface area contributed by atoms with Crippen molar-refractivity contribution >= 4 is 27.4 Å². The lowest BCUT2D eigenvalue weighted by Gasteiger charge is -2.25. The minimum Gasteiger partial charge on any atom is -0.397 e. The molecule has 0 bridgehead atoms. The van der Waals surface area contributed by atoms with Crippen molar-refractivity contribution in [3.8, 4) is 0 Å². The van der Waals surface area contributed by atoms with E-state index in [2.05, 4.69) is 57.0 Å². The van der Waals surface area contributed by atoms with Crippen molar-refractivity contribution in [1.29, 1.82) is 0 Å². The highest BCUT2D eigenvalue weighted by molar-refractivity contribution is 9.10. The highest BCUT2D eigenvalue weighted by Gasteiger charge is 2.14. The van der Waals surface area contributed by atoms with E-state index in [4.69, 9.17) is 5.73 Å². The summed E-state index contributed by atoms with van der Waals surface area (Å²) >= 11 is 3.63. The maximum absolute atomic E-state index is 5.91. The molecule has 0 aliphatic rings. The zero-order valence-corrected chi connectivity index (χ0v) is 13.5. The Bertz CT molecular complexity index is 569. The van der Waals surface area contributed by atoms with Gasteiger partial charge in [0.05, 0.1) is 16.4 Å². The number of halogens is 1. The number of hydrogen-bond acceptors (Lipinski definition) is 3. The van der Waals surface area contributed by atoms with Crippen molar-refractivity contribution in [2.24, 2.45) is 0 Å². The Kier molecular flexibility index (Phi) is 5.01. The maximum atomic E-state index is 5.91. The summed E-state index contributed by atoms with van der Waals surface area (Å²) in [5.74, 6) is 0.961. The van der Waals surface area contributed by atoms with E-state index in [1.165, 1.54) is 5.56 Å². The van der Waals surface area contributed by atoms with Crippen LogP contribution in [0.25, 0.3) is 0 Å². The van der Waals surface area contributed by atoms with Crippen LogP contribution >= 0.6 is 15.9 Å². The predicted octanol–water partition coefficient (Wildman–Crippen LogP) is 4.15. The van der Waals surface area contributed by atoms with Gasteiger partial charge < -0.3 is 10.6 Å². The first-order valence-corrected chi connectivity index (χ1v) is 7.62.